The minimum atomic E-state index is -0.179. The molecule has 1 aromatic carbocycles. The van der Waals surface area contributed by atoms with Gasteiger partial charge >= 0.3 is 0 Å². The number of hydrogen-bond donors (Lipinski definition) is 0. The Morgan fingerprint density at radius 2 is 1.79 bits per heavy atom. The van der Waals surface area contributed by atoms with Crippen LogP contribution in [0.4, 0.5) is 0 Å². The van der Waals surface area contributed by atoms with Gasteiger partial charge in [-0.15, -0.1) is 0 Å². The fraction of sp³-hybridized carbons (Fsp3) is 0.346. The van der Waals surface area contributed by atoms with Crippen molar-refractivity contribution < 1.29 is 9.15 Å². The van der Waals surface area contributed by atoms with Crippen LogP contribution in [0.15, 0.2) is 39.9 Å². The molecule has 0 aliphatic rings. The zero-order valence-corrected chi connectivity index (χ0v) is 20.6. The van der Waals surface area contributed by atoms with Crippen molar-refractivity contribution in [2.24, 2.45) is 0 Å². The first-order valence-electron chi connectivity index (χ1n) is 11.2. The molecule has 0 amide bonds. The molecule has 3 aromatic heterocycles. The van der Waals surface area contributed by atoms with Gasteiger partial charge in [0, 0.05) is 24.6 Å². The summed E-state index contributed by atoms with van der Waals surface area (Å²) < 4.78 is 12.6. The van der Waals surface area contributed by atoms with Gasteiger partial charge in [-0.05, 0) is 44.9 Å². The molecule has 0 radical (unpaired) electrons. The molecule has 0 atom stereocenters. The Bertz CT molecular complexity index is 1420. The lowest BCUT2D eigenvalue weighted by atomic mass is 10.0. The molecule has 176 valence electrons. The Hall–Kier alpha value is -3.81. The molecule has 8 heteroatoms. The van der Waals surface area contributed by atoms with Gasteiger partial charge in [0.1, 0.15) is 30.2 Å². The summed E-state index contributed by atoms with van der Waals surface area (Å²) in [6.45, 7) is 13.6. The maximum atomic E-state index is 13.4. The summed E-state index contributed by atoms with van der Waals surface area (Å²) in [7, 11) is 0. The Labute approximate surface area is 198 Å². The molecule has 0 aliphatic carbocycles. The molecule has 8 nitrogen and oxygen atoms in total. The first kappa shape index (κ1) is 23.4. The number of ether oxygens (including phenoxy) is 1. The van der Waals surface area contributed by atoms with Crippen LogP contribution in [0, 0.1) is 34.6 Å². The van der Waals surface area contributed by atoms with E-state index in [1.54, 1.807) is 25.3 Å². The van der Waals surface area contributed by atoms with Crippen LogP contribution in [-0.4, -0.2) is 24.5 Å². The quantitative estimate of drug-likeness (QED) is 0.404. The Kier molecular flexibility index (Phi) is 6.32. The number of rotatable bonds is 6. The highest BCUT2D eigenvalue weighted by Crippen LogP contribution is 2.27. The van der Waals surface area contributed by atoms with Gasteiger partial charge in [0.2, 0.25) is 5.88 Å². The van der Waals surface area contributed by atoms with E-state index in [2.05, 4.69) is 28.8 Å². The van der Waals surface area contributed by atoms with E-state index in [4.69, 9.17) is 14.1 Å². The first-order valence-corrected chi connectivity index (χ1v) is 11.2. The summed E-state index contributed by atoms with van der Waals surface area (Å²) in [5, 5.41) is 0. The van der Waals surface area contributed by atoms with Crippen molar-refractivity contribution in [1.29, 1.82) is 0 Å². The second-order valence-electron chi connectivity index (χ2n) is 8.79. The maximum absolute atomic E-state index is 13.4. The molecule has 0 saturated carbocycles. The predicted octanol–water partition coefficient (Wildman–Crippen LogP) is 4.92. The first-order chi connectivity index (χ1) is 16.2. The highest BCUT2D eigenvalue weighted by atomic mass is 16.5. The monoisotopic (exact) mass is 459 g/mol. The molecule has 3 heterocycles. The van der Waals surface area contributed by atoms with Crippen LogP contribution in [0.5, 0.6) is 5.88 Å². The van der Waals surface area contributed by atoms with Crippen LogP contribution >= 0.6 is 0 Å². The molecular formula is C26H29N5O3. The van der Waals surface area contributed by atoms with Gasteiger partial charge in [-0.2, -0.15) is 4.98 Å². The maximum Gasteiger partial charge on any atom is 0.264 e. The number of oxazole rings is 1. The third kappa shape index (κ3) is 4.48. The van der Waals surface area contributed by atoms with Crippen LogP contribution < -0.4 is 10.3 Å². The van der Waals surface area contributed by atoms with Crippen LogP contribution in [0.3, 0.4) is 0 Å². The molecule has 4 rings (SSSR count). The summed E-state index contributed by atoms with van der Waals surface area (Å²) in [6.07, 6.45) is 3.39. The standard InChI is InChI=1S/C26H29N5O3/c1-14(2)24-27-11-16(4)23(30-24)20-9-8-15(3)22(10-20)31-18(6)28-25(17(5)26(31)32)34-13-21-12-33-19(7)29-21/h8-12,14H,13H2,1-7H3. The molecule has 34 heavy (non-hydrogen) atoms. The van der Waals surface area contributed by atoms with E-state index >= 15 is 0 Å². The number of benzene rings is 1. The van der Waals surface area contributed by atoms with Gasteiger partial charge in [0.25, 0.3) is 5.56 Å². The normalized spacial score (nSPS) is 11.3. The molecule has 0 fully saturated rings. The number of aromatic nitrogens is 5. The van der Waals surface area contributed by atoms with E-state index < -0.39 is 0 Å². The van der Waals surface area contributed by atoms with Gasteiger partial charge in [0.15, 0.2) is 5.89 Å². The topological polar surface area (TPSA) is 95.9 Å². The fourth-order valence-electron chi connectivity index (χ4n) is 3.75. The van der Waals surface area contributed by atoms with Crippen molar-refractivity contribution in [1.82, 2.24) is 24.5 Å². The van der Waals surface area contributed by atoms with Gasteiger partial charge in [-0.3, -0.25) is 9.36 Å². The van der Waals surface area contributed by atoms with E-state index in [1.165, 1.54) is 6.26 Å². The largest absolute Gasteiger partial charge is 0.471 e. The Morgan fingerprint density at radius 1 is 1.03 bits per heavy atom. The SMILES string of the molecule is Cc1nc(COc2nc(C)n(-c3cc(-c4nc(C(C)C)ncc4C)ccc3C)c(=O)c2C)co1. The Balaban J connectivity index is 1.76. The minimum Gasteiger partial charge on any atom is -0.471 e. The van der Waals surface area contributed by atoms with Crippen LogP contribution in [-0.2, 0) is 6.61 Å². The zero-order chi connectivity index (χ0) is 24.6. The summed E-state index contributed by atoms with van der Waals surface area (Å²) in [4.78, 5) is 31.5. The third-order valence-electron chi connectivity index (χ3n) is 5.69. The lowest BCUT2D eigenvalue weighted by molar-refractivity contribution is 0.284. The predicted molar refractivity (Wildman–Crippen MR) is 129 cm³/mol. The van der Waals surface area contributed by atoms with Gasteiger partial charge in [-0.25, -0.2) is 15.0 Å². The highest BCUT2D eigenvalue weighted by Gasteiger charge is 2.17. The lowest BCUT2D eigenvalue weighted by Crippen LogP contribution is -2.26. The molecule has 0 saturated heterocycles. The van der Waals surface area contributed by atoms with E-state index in [0.29, 0.717) is 28.9 Å². The molecule has 0 spiro atoms. The summed E-state index contributed by atoms with van der Waals surface area (Å²) in [5.74, 6) is 2.39. The van der Waals surface area contributed by atoms with Crippen LogP contribution in [0.1, 0.15) is 59.7 Å². The van der Waals surface area contributed by atoms with Crippen LogP contribution in [0.2, 0.25) is 0 Å². The van der Waals surface area contributed by atoms with Crippen molar-refractivity contribution in [2.75, 3.05) is 0 Å². The fourth-order valence-corrected chi connectivity index (χ4v) is 3.75. The molecule has 0 unspecified atom stereocenters. The summed E-state index contributed by atoms with van der Waals surface area (Å²) in [5.41, 5.74) is 5.37. The molecule has 0 bridgehead atoms. The number of nitrogens with zero attached hydrogens (tertiary/aromatic N) is 5. The highest BCUT2D eigenvalue weighted by molar-refractivity contribution is 5.66. The molecule has 4 aromatic rings. The van der Waals surface area contributed by atoms with Gasteiger partial charge < -0.3 is 9.15 Å². The smallest absolute Gasteiger partial charge is 0.264 e. The van der Waals surface area contributed by atoms with Crippen molar-refractivity contribution in [3.05, 3.63) is 80.9 Å². The average molecular weight is 460 g/mol. The number of aryl methyl sites for hydroxylation is 4. The summed E-state index contributed by atoms with van der Waals surface area (Å²) in [6, 6.07) is 6.01. The van der Waals surface area contributed by atoms with Gasteiger partial charge in [0.05, 0.1) is 16.9 Å². The average Bonchev–Trinajstić information content (AvgIpc) is 3.22. The Morgan fingerprint density at radius 3 is 2.47 bits per heavy atom. The van der Waals surface area contributed by atoms with Crippen molar-refractivity contribution in [3.8, 4) is 22.8 Å². The number of hydrogen-bond acceptors (Lipinski definition) is 7. The second-order valence-corrected chi connectivity index (χ2v) is 8.79. The van der Waals surface area contributed by atoms with Crippen LogP contribution in [0.25, 0.3) is 16.9 Å². The van der Waals surface area contributed by atoms with E-state index in [1.807, 2.05) is 38.2 Å². The lowest BCUT2D eigenvalue weighted by Gasteiger charge is -2.17. The molecule has 0 aliphatic heterocycles. The second kappa shape index (κ2) is 9.21. The molecule has 0 N–H and O–H groups in total. The van der Waals surface area contributed by atoms with Crippen molar-refractivity contribution in [2.45, 2.75) is 61.0 Å². The van der Waals surface area contributed by atoms with E-state index in [-0.39, 0.29) is 18.1 Å². The van der Waals surface area contributed by atoms with E-state index in [0.717, 1.165) is 33.9 Å². The summed E-state index contributed by atoms with van der Waals surface area (Å²) >= 11 is 0. The zero-order valence-electron chi connectivity index (χ0n) is 20.6. The molecular weight excluding hydrogens is 430 g/mol. The van der Waals surface area contributed by atoms with Crippen molar-refractivity contribution >= 4 is 0 Å². The van der Waals surface area contributed by atoms with Gasteiger partial charge in [-0.1, -0.05) is 26.0 Å². The third-order valence-corrected chi connectivity index (χ3v) is 5.69. The van der Waals surface area contributed by atoms with Crippen molar-refractivity contribution in [3.63, 3.8) is 0 Å². The minimum absolute atomic E-state index is 0.174. The van der Waals surface area contributed by atoms with E-state index in [9.17, 15) is 4.79 Å².